The summed E-state index contributed by atoms with van der Waals surface area (Å²) in [5, 5.41) is 0. The molecule has 0 bridgehead atoms. The Labute approximate surface area is 347 Å². The maximum Gasteiger partial charge on any atom is 0.472 e. The summed E-state index contributed by atoms with van der Waals surface area (Å²) in [4.78, 5) is 34.8. The van der Waals surface area contributed by atoms with Crippen LogP contribution in [0.2, 0.25) is 0 Å². The van der Waals surface area contributed by atoms with Gasteiger partial charge < -0.3 is 20.1 Å². The van der Waals surface area contributed by atoms with Crippen LogP contribution in [0.15, 0.2) is 85.1 Å². The molecule has 2 atom stereocenters. The van der Waals surface area contributed by atoms with Gasteiger partial charge in [0.25, 0.3) is 0 Å². The molecule has 3 N–H and O–H groups in total. The van der Waals surface area contributed by atoms with Crippen molar-refractivity contribution in [3.05, 3.63) is 85.1 Å². The zero-order chi connectivity index (χ0) is 41.8. The van der Waals surface area contributed by atoms with Crippen LogP contribution >= 0.6 is 7.82 Å². The average Bonchev–Trinajstić information content (AvgIpc) is 3.20. The van der Waals surface area contributed by atoms with Gasteiger partial charge in [0.1, 0.15) is 6.61 Å². The molecule has 0 saturated carbocycles. The first kappa shape index (κ1) is 54.2. The second-order valence-corrected chi connectivity index (χ2v) is 15.6. The summed E-state index contributed by atoms with van der Waals surface area (Å²) in [5.74, 6) is -0.865. The van der Waals surface area contributed by atoms with E-state index in [1.54, 1.807) is 0 Å². The van der Waals surface area contributed by atoms with Gasteiger partial charge >= 0.3 is 19.8 Å². The summed E-state index contributed by atoms with van der Waals surface area (Å²) >= 11 is 0. The van der Waals surface area contributed by atoms with Crippen molar-refractivity contribution in [2.45, 2.75) is 174 Å². The fourth-order valence-corrected chi connectivity index (χ4v) is 6.26. The quantitative estimate of drug-likeness (QED) is 0.0268. The Balaban J connectivity index is 4.15. The van der Waals surface area contributed by atoms with Crippen LogP contribution in [0.25, 0.3) is 0 Å². The van der Waals surface area contributed by atoms with E-state index in [1.807, 2.05) is 0 Å². The highest BCUT2D eigenvalue weighted by molar-refractivity contribution is 7.47. The molecule has 9 nitrogen and oxygen atoms in total. The van der Waals surface area contributed by atoms with E-state index in [4.69, 9.17) is 24.3 Å². The van der Waals surface area contributed by atoms with Crippen LogP contribution in [0.5, 0.6) is 0 Å². The van der Waals surface area contributed by atoms with Crippen molar-refractivity contribution in [1.82, 2.24) is 0 Å². The molecule has 0 aliphatic rings. The summed E-state index contributed by atoms with van der Waals surface area (Å²) in [6.45, 7) is 3.53. The summed E-state index contributed by atoms with van der Waals surface area (Å²) in [6, 6.07) is 0. The summed E-state index contributed by atoms with van der Waals surface area (Å²) in [6.07, 6.45) is 53.3. The molecule has 0 aliphatic heterocycles. The molecule has 0 aromatic rings. The predicted octanol–water partition coefficient (Wildman–Crippen LogP) is 12.8. The monoisotopic (exact) mass is 818 g/mol. The Morgan fingerprint density at radius 3 is 1.46 bits per heavy atom. The van der Waals surface area contributed by atoms with Crippen LogP contribution in [-0.2, 0) is 32.7 Å². The van der Waals surface area contributed by atoms with Gasteiger partial charge in [0.05, 0.1) is 13.2 Å². The number of esters is 2. The molecule has 0 aromatic heterocycles. The van der Waals surface area contributed by atoms with Crippen LogP contribution in [0.1, 0.15) is 168 Å². The lowest BCUT2D eigenvalue weighted by Gasteiger charge is -2.19. The Kier molecular flexibility index (Phi) is 40.7. The van der Waals surface area contributed by atoms with Crippen molar-refractivity contribution in [1.29, 1.82) is 0 Å². The van der Waals surface area contributed by atoms with E-state index in [0.29, 0.717) is 12.8 Å². The summed E-state index contributed by atoms with van der Waals surface area (Å²) < 4.78 is 32.7. The third-order valence-corrected chi connectivity index (χ3v) is 9.75. The van der Waals surface area contributed by atoms with Gasteiger partial charge in [-0.2, -0.15) is 0 Å². The number of rotatable bonds is 40. The lowest BCUT2D eigenvalue weighted by atomic mass is 10.1. The highest BCUT2D eigenvalue weighted by atomic mass is 31.2. The predicted molar refractivity (Wildman–Crippen MR) is 238 cm³/mol. The molecule has 0 spiro atoms. The van der Waals surface area contributed by atoms with E-state index in [2.05, 4.69) is 98.9 Å². The number of carbonyl (C=O) groups is 2. The Morgan fingerprint density at radius 1 is 0.544 bits per heavy atom. The van der Waals surface area contributed by atoms with E-state index in [1.165, 1.54) is 12.8 Å². The molecule has 10 heteroatoms. The van der Waals surface area contributed by atoms with Crippen molar-refractivity contribution >= 4 is 19.8 Å². The molecule has 0 fully saturated rings. The minimum absolute atomic E-state index is 0.0451. The van der Waals surface area contributed by atoms with Gasteiger partial charge in [0.2, 0.25) is 0 Å². The zero-order valence-electron chi connectivity index (χ0n) is 35.8. The first-order valence-electron chi connectivity index (χ1n) is 22.1. The van der Waals surface area contributed by atoms with E-state index in [9.17, 15) is 19.0 Å². The second kappa shape index (κ2) is 42.8. The fraction of sp³-hybridized carbons (Fsp3) is 0.660. The number of phosphoric acid groups is 1. The van der Waals surface area contributed by atoms with Crippen molar-refractivity contribution < 1.29 is 37.6 Å². The maximum atomic E-state index is 12.6. The lowest BCUT2D eigenvalue weighted by Crippen LogP contribution is -2.29. The minimum atomic E-state index is -4.39. The van der Waals surface area contributed by atoms with Gasteiger partial charge in [-0.15, -0.1) is 0 Å². The highest BCUT2D eigenvalue weighted by Crippen LogP contribution is 2.43. The van der Waals surface area contributed by atoms with E-state index in [-0.39, 0.29) is 32.6 Å². The van der Waals surface area contributed by atoms with Crippen molar-refractivity contribution in [3.63, 3.8) is 0 Å². The molecule has 0 saturated heterocycles. The average molecular weight is 818 g/mol. The number of ether oxygens (including phenoxy) is 2. The highest BCUT2D eigenvalue weighted by Gasteiger charge is 2.26. The largest absolute Gasteiger partial charge is 0.472 e. The van der Waals surface area contributed by atoms with E-state index >= 15 is 0 Å². The third-order valence-electron chi connectivity index (χ3n) is 8.77. The molecule has 0 aliphatic carbocycles. The van der Waals surface area contributed by atoms with Crippen LogP contribution in [0.3, 0.4) is 0 Å². The molecular weight excluding hydrogens is 737 g/mol. The minimum Gasteiger partial charge on any atom is -0.462 e. The molecule has 0 amide bonds. The van der Waals surface area contributed by atoms with Crippen molar-refractivity contribution in [3.8, 4) is 0 Å². The first-order chi connectivity index (χ1) is 27.8. The molecular formula is C47H80NO8P. The lowest BCUT2D eigenvalue weighted by molar-refractivity contribution is -0.161. The molecule has 0 radical (unpaired) electrons. The van der Waals surface area contributed by atoms with Gasteiger partial charge in [0.15, 0.2) is 6.10 Å². The third kappa shape index (κ3) is 42.6. The van der Waals surface area contributed by atoms with Crippen LogP contribution < -0.4 is 5.73 Å². The second-order valence-electron chi connectivity index (χ2n) is 14.2. The summed E-state index contributed by atoms with van der Waals surface area (Å²) in [5.41, 5.74) is 5.34. The Hall–Kier alpha value is -2.81. The number of phosphoric ester groups is 1. The van der Waals surface area contributed by atoms with Gasteiger partial charge in [-0.1, -0.05) is 157 Å². The zero-order valence-corrected chi connectivity index (χ0v) is 36.7. The van der Waals surface area contributed by atoms with Gasteiger partial charge in [-0.3, -0.25) is 18.6 Å². The first-order valence-corrected chi connectivity index (χ1v) is 23.6. The molecule has 326 valence electrons. The number of unbranched alkanes of at least 4 members (excludes halogenated alkanes) is 13. The standard InChI is InChI=1S/C47H80NO8P/c1-3-5-7-9-11-13-15-16-17-18-19-20-21-22-23-24-25-26-27-28-30-32-34-36-38-40-47(50)56-45(44-55-57(51,52)54-42-41-48)43-53-46(49)39-37-35-33-31-29-14-12-10-8-6-4-2/h5,7,10-13,16-17,19-20,22-23,25-26,45H,3-4,6,8-9,14-15,18,21,24,27-44,48H2,1-2H3,(H,51,52)/b7-5-,12-10-,13-11-,17-16-,20-19-,23-22-,26-25-. The van der Waals surface area contributed by atoms with Crippen LogP contribution in [0, 0.1) is 0 Å². The molecule has 0 rings (SSSR count). The van der Waals surface area contributed by atoms with Crippen molar-refractivity contribution in [2.24, 2.45) is 5.73 Å². The maximum absolute atomic E-state index is 12.6. The number of hydrogen-bond donors (Lipinski definition) is 2. The van der Waals surface area contributed by atoms with Crippen LogP contribution in [0.4, 0.5) is 0 Å². The number of allylic oxidation sites excluding steroid dienone is 14. The topological polar surface area (TPSA) is 134 Å². The summed E-state index contributed by atoms with van der Waals surface area (Å²) in [7, 11) is -4.39. The number of carbonyl (C=O) groups excluding carboxylic acids is 2. The van der Waals surface area contributed by atoms with Gasteiger partial charge in [-0.25, -0.2) is 4.57 Å². The number of hydrogen-bond acceptors (Lipinski definition) is 8. The van der Waals surface area contributed by atoms with Crippen molar-refractivity contribution in [2.75, 3.05) is 26.4 Å². The van der Waals surface area contributed by atoms with Crippen LogP contribution in [-0.4, -0.2) is 49.3 Å². The Morgan fingerprint density at radius 2 is 0.965 bits per heavy atom. The normalized spacial score (nSPS) is 14.1. The molecule has 0 aromatic carbocycles. The molecule has 2 unspecified atom stereocenters. The van der Waals surface area contributed by atoms with E-state index in [0.717, 1.165) is 116 Å². The van der Waals surface area contributed by atoms with Gasteiger partial charge in [-0.05, 0) is 83.5 Å². The molecule has 0 heterocycles. The smallest absolute Gasteiger partial charge is 0.462 e. The van der Waals surface area contributed by atoms with E-state index < -0.39 is 32.5 Å². The SMILES string of the molecule is CC/C=C\C/C=C\C/C=C\C/C=C\C/C=C\C/C=C\CCCCCCCCC(=O)OC(COC(=O)CCCCCCC/C=C\CCCC)COP(=O)(O)OCCN. The number of nitrogens with two attached hydrogens (primary N) is 1. The molecule has 57 heavy (non-hydrogen) atoms. The Bertz CT molecular complexity index is 1210. The van der Waals surface area contributed by atoms with Gasteiger partial charge in [0, 0.05) is 19.4 Å². The fourth-order valence-electron chi connectivity index (χ4n) is 5.50.